The molecule has 0 bridgehead atoms. The molecule has 0 aliphatic rings. The third kappa shape index (κ3) is 3.32. The van der Waals surface area contributed by atoms with E-state index in [0.29, 0.717) is 11.2 Å². The van der Waals surface area contributed by atoms with Gasteiger partial charge in [0.15, 0.2) is 0 Å². The number of rotatable bonds is 5. The van der Waals surface area contributed by atoms with Crippen LogP contribution in [0.1, 0.15) is 45.0 Å². The molecule has 96 valence electrons. The molecule has 0 amide bonds. The average Bonchev–Trinajstić information content (AvgIpc) is 2.32. The zero-order chi connectivity index (χ0) is 13.0. The Kier molecular flexibility index (Phi) is 5.19. The van der Waals surface area contributed by atoms with Gasteiger partial charge in [0.25, 0.3) is 0 Å². The Labute approximate surface area is 109 Å². The Bertz CT molecular complexity index is 379. The molecule has 0 saturated carbocycles. The normalized spacial score (nSPS) is 12.6. The molecular formula is C13H22ClN3. The van der Waals surface area contributed by atoms with Crippen LogP contribution < -0.4 is 4.90 Å². The van der Waals surface area contributed by atoms with Crippen molar-refractivity contribution in [2.45, 2.75) is 53.0 Å². The molecule has 0 aliphatic heterocycles. The minimum atomic E-state index is 0.453. The van der Waals surface area contributed by atoms with Gasteiger partial charge in [-0.3, -0.25) is 0 Å². The summed E-state index contributed by atoms with van der Waals surface area (Å²) >= 11 is 6.17. The molecule has 0 aliphatic carbocycles. The summed E-state index contributed by atoms with van der Waals surface area (Å²) in [5, 5.41) is 0.577. The number of anilines is 1. The van der Waals surface area contributed by atoms with E-state index in [1.807, 2.05) is 6.92 Å². The van der Waals surface area contributed by atoms with Crippen LogP contribution in [0.15, 0.2) is 0 Å². The van der Waals surface area contributed by atoms with Crippen LogP contribution in [-0.2, 0) is 6.42 Å². The monoisotopic (exact) mass is 255 g/mol. The highest BCUT2D eigenvalue weighted by Crippen LogP contribution is 2.24. The van der Waals surface area contributed by atoms with Crippen LogP contribution in [0.2, 0.25) is 5.15 Å². The van der Waals surface area contributed by atoms with Gasteiger partial charge in [0.05, 0.1) is 0 Å². The first-order valence-electron chi connectivity index (χ1n) is 6.27. The van der Waals surface area contributed by atoms with Gasteiger partial charge < -0.3 is 4.90 Å². The van der Waals surface area contributed by atoms with Crippen molar-refractivity contribution >= 4 is 17.4 Å². The summed E-state index contributed by atoms with van der Waals surface area (Å²) in [5.74, 6) is 1.80. The van der Waals surface area contributed by atoms with E-state index < -0.39 is 0 Å². The van der Waals surface area contributed by atoms with Crippen molar-refractivity contribution in [3.8, 4) is 0 Å². The maximum absolute atomic E-state index is 6.17. The number of nitrogens with zero attached hydrogens (tertiary/aromatic N) is 3. The standard InChI is InChI=1S/C13H22ClN3/c1-6-8-11-15-12(14)10(4)13(16-11)17(5)9(3)7-2/h9H,6-8H2,1-5H3. The van der Waals surface area contributed by atoms with E-state index in [0.717, 1.165) is 36.5 Å². The van der Waals surface area contributed by atoms with Gasteiger partial charge >= 0.3 is 0 Å². The second-order valence-electron chi connectivity index (χ2n) is 4.50. The van der Waals surface area contributed by atoms with Crippen molar-refractivity contribution in [2.75, 3.05) is 11.9 Å². The fourth-order valence-electron chi connectivity index (χ4n) is 1.68. The first-order valence-corrected chi connectivity index (χ1v) is 6.64. The summed E-state index contributed by atoms with van der Waals surface area (Å²) < 4.78 is 0. The summed E-state index contributed by atoms with van der Waals surface area (Å²) in [5.41, 5.74) is 0.967. The zero-order valence-electron chi connectivity index (χ0n) is 11.4. The molecule has 0 N–H and O–H groups in total. The van der Waals surface area contributed by atoms with Crippen LogP contribution in [0.3, 0.4) is 0 Å². The lowest BCUT2D eigenvalue weighted by Gasteiger charge is -2.27. The second kappa shape index (κ2) is 6.20. The maximum atomic E-state index is 6.17. The summed E-state index contributed by atoms with van der Waals surface area (Å²) in [6, 6.07) is 0.453. The van der Waals surface area contributed by atoms with E-state index in [1.54, 1.807) is 0 Å². The topological polar surface area (TPSA) is 29.0 Å². The van der Waals surface area contributed by atoms with Crippen molar-refractivity contribution in [3.63, 3.8) is 0 Å². The molecule has 1 rings (SSSR count). The number of hydrogen-bond acceptors (Lipinski definition) is 3. The van der Waals surface area contributed by atoms with E-state index in [-0.39, 0.29) is 0 Å². The molecule has 1 aromatic heterocycles. The number of aryl methyl sites for hydroxylation is 1. The first kappa shape index (κ1) is 14.2. The molecular weight excluding hydrogens is 234 g/mol. The molecule has 0 radical (unpaired) electrons. The van der Waals surface area contributed by atoms with Crippen molar-refractivity contribution in [1.82, 2.24) is 9.97 Å². The zero-order valence-corrected chi connectivity index (χ0v) is 12.2. The molecule has 3 nitrogen and oxygen atoms in total. The van der Waals surface area contributed by atoms with Gasteiger partial charge in [-0.2, -0.15) is 0 Å². The Hall–Kier alpha value is -0.830. The van der Waals surface area contributed by atoms with Gasteiger partial charge in [-0.25, -0.2) is 9.97 Å². The van der Waals surface area contributed by atoms with Crippen LogP contribution in [-0.4, -0.2) is 23.1 Å². The highest BCUT2D eigenvalue weighted by molar-refractivity contribution is 6.30. The fraction of sp³-hybridized carbons (Fsp3) is 0.692. The minimum absolute atomic E-state index is 0.453. The highest BCUT2D eigenvalue weighted by Gasteiger charge is 2.16. The fourth-order valence-corrected chi connectivity index (χ4v) is 1.86. The van der Waals surface area contributed by atoms with E-state index >= 15 is 0 Å². The van der Waals surface area contributed by atoms with Crippen molar-refractivity contribution in [2.24, 2.45) is 0 Å². The first-order chi connectivity index (χ1) is 8.01. The molecule has 0 saturated heterocycles. The molecule has 1 atom stereocenters. The highest BCUT2D eigenvalue weighted by atomic mass is 35.5. The average molecular weight is 256 g/mol. The van der Waals surface area contributed by atoms with E-state index in [9.17, 15) is 0 Å². The van der Waals surface area contributed by atoms with Gasteiger partial charge in [-0.15, -0.1) is 0 Å². The van der Waals surface area contributed by atoms with Crippen LogP contribution in [0.25, 0.3) is 0 Å². The second-order valence-corrected chi connectivity index (χ2v) is 4.86. The number of halogens is 1. The molecule has 0 aromatic carbocycles. The van der Waals surface area contributed by atoms with Crippen LogP contribution in [0.4, 0.5) is 5.82 Å². The van der Waals surface area contributed by atoms with Crippen molar-refractivity contribution in [3.05, 3.63) is 16.5 Å². The lowest BCUT2D eigenvalue weighted by Crippen LogP contribution is -2.30. The van der Waals surface area contributed by atoms with Gasteiger partial charge in [-0.05, 0) is 26.7 Å². The lowest BCUT2D eigenvalue weighted by atomic mass is 10.2. The lowest BCUT2D eigenvalue weighted by molar-refractivity contribution is 0.650. The van der Waals surface area contributed by atoms with Gasteiger partial charge in [-0.1, -0.05) is 25.4 Å². The predicted octanol–water partition coefficient (Wildman–Crippen LogP) is 3.63. The number of hydrogen-bond donors (Lipinski definition) is 0. The largest absolute Gasteiger partial charge is 0.357 e. The van der Waals surface area contributed by atoms with Crippen LogP contribution in [0, 0.1) is 6.92 Å². The maximum Gasteiger partial charge on any atom is 0.137 e. The van der Waals surface area contributed by atoms with E-state index in [4.69, 9.17) is 11.6 Å². The predicted molar refractivity (Wildman–Crippen MR) is 73.9 cm³/mol. The summed E-state index contributed by atoms with van der Waals surface area (Å²) in [6.07, 6.45) is 2.99. The third-order valence-electron chi connectivity index (χ3n) is 3.17. The van der Waals surface area contributed by atoms with Gasteiger partial charge in [0.2, 0.25) is 0 Å². The molecule has 4 heteroatoms. The molecule has 0 fully saturated rings. The Morgan fingerprint density at radius 1 is 1.29 bits per heavy atom. The van der Waals surface area contributed by atoms with Crippen molar-refractivity contribution in [1.29, 1.82) is 0 Å². The Morgan fingerprint density at radius 3 is 2.47 bits per heavy atom. The van der Waals surface area contributed by atoms with E-state index in [1.165, 1.54) is 0 Å². The summed E-state index contributed by atoms with van der Waals surface area (Å²) in [6.45, 7) is 8.46. The van der Waals surface area contributed by atoms with Gasteiger partial charge in [0.1, 0.15) is 16.8 Å². The SMILES string of the molecule is CCCc1nc(Cl)c(C)c(N(C)C(C)CC)n1. The van der Waals surface area contributed by atoms with Crippen molar-refractivity contribution < 1.29 is 0 Å². The Morgan fingerprint density at radius 2 is 1.94 bits per heavy atom. The molecule has 1 unspecified atom stereocenters. The molecule has 17 heavy (non-hydrogen) atoms. The Balaban J connectivity index is 3.12. The quantitative estimate of drug-likeness (QED) is 0.753. The molecule has 0 spiro atoms. The van der Waals surface area contributed by atoms with Gasteiger partial charge in [0, 0.05) is 25.1 Å². The van der Waals surface area contributed by atoms with Crippen LogP contribution in [0.5, 0.6) is 0 Å². The van der Waals surface area contributed by atoms with E-state index in [2.05, 4.69) is 42.7 Å². The third-order valence-corrected chi connectivity index (χ3v) is 3.53. The smallest absolute Gasteiger partial charge is 0.137 e. The molecule has 1 heterocycles. The summed E-state index contributed by atoms with van der Waals surface area (Å²) in [4.78, 5) is 11.1. The molecule has 1 aromatic rings. The summed E-state index contributed by atoms with van der Waals surface area (Å²) in [7, 11) is 2.07. The minimum Gasteiger partial charge on any atom is -0.357 e. The number of aromatic nitrogens is 2. The van der Waals surface area contributed by atoms with Crippen LogP contribution >= 0.6 is 11.6 Å².